The molecule has 0 saturated carbocycles. The van der Waals surface area contributed by atoms with Gasteiger partial charge in [0.25, 0.3) is 0 Å². The number of nitrogens with zero attached hydrogens (tertiary/aromatic N) is 2. The van der Waals surface area contributed by atoms with Gasteiger partial charge in [-0.05, 0) is 24.6 Å². The lowest BCUT2D eigenvalue weighted by molar-refractivity contribution is -0.137. The fourth-order valence-electron chi connectivity index (χ4n) is 2.80. The lowest BCUT2D eigenvalue weighted by Gasteiger charge is -2.18. The van der Waals surface area contributed by atoms with Crippen LogP contribution in [0.15, 0.2) is 47.5 Å². The van der Waals surface area contributed by atoms with E-state index in [9.17, 15) is 21.6 Å². The van der Waals surface area contributed by atoms with E-state index in [1.165, 1.54) is 17.5 Å². The van der Waals surface area contributed by atoms with Gasteiger partial charge >= 0.3 is 6.18 Å². The second-order valence-electron chi connectivity index (χ2n) is 5.92. The second kappa shape index (κ2) is 7.35. The van der Waals surface area contributed by atoms with Crippen molar-refractivity contribution in [3.63, 3.8) is 0 Å². The summed E-state index contributed by atoms with van der Waals surface area (Å²) >= 11 is 0. The largest absolute Gasteiger partial charge is 0.495 e. The van der Waals surface area contributed by atoms with E-state index < -0.39 is 27.9 Å². The number of rotatable bonds is 5. The first-order valence-corrected chi connectivity index (χ1v) is 9.49. The molecule has 2 heterocycles. The van der Waals surface area contributed by atoms with E-state index in [-0.39, 0.29) is 29.6 Å². The predicted molar refractivity (Wildman–Crippen MR) is 90.0 cm³/mol. The van der Waals surface area contributed by atoms with Gasteiger partial charge in [0.2, 0.25) is 15.9 Å². The van der Waals surface area contributed by atoms with E-state index in [1.807, 2.05) is 0 Å². The van der Waals surface area contributed by atoms with Crippen LogP contribution in [0, 0.1) is 0 Å². The number of hydrogen-bond acceptors (Lipinski definition) is 5. The number of sulfonamides is 1. The Balaban J connectivity index is 1.74. The Morgan fingerprint density at radius 3 is 2.67 bits per heavy atom. The highest BCUT2D eigenvalue weighted by Gasteiger charge is 2.36. The van der Waals surface area contributed by atoms with Crippen LogP contribution in [0.4, 0.5) is 13.2 Å². The molecule has 1 aliphatic rings. The predicted octanol–water partition coefficient (Wildman–Crippen LogP) is 2.95. The van der Waals surface area contributed by atoms with Crippen LogP contribution >= 0.6 is 0 Å². The topological polar surface area (TPSA) is 68.7 Å². The molecule has 3 rings (SSSR count). The summed E-state index contributed by atoms with van der Waals surface area (Å²) in [6.45, 7) is 0.197. The van der Waals surface area contributed by atoms with E-state index in [2.05, 4.69) is 4.98 Å². The van der Waals surface area contributed by atoms with Crippen LogP contribution in [0.3, 0.4) is 0 Å². The van der Waals surface area contributed by atoms with Crippen LogP contribution in [0.25, 0.3) is 0 Å². The zero-order valence-electron chi connectivity index (χ0n) is 14.3. The van der Waals surface area contributed by atoms with Gasteiger partial charge < -0.3 is 9.47 Å². The fraction of sp³-hybridized carbons (Fsp3) is 0.353. The maximum Gasteiger partial charge on any atom is 0.416 e. The van der Waals surface area contributed by atoms with Crippen LogP contribution in [0.2, 0.25) is 0 Å². The summed E-state index contributed by atoms with van der Waals surface area (Å²) in [5.74, 6) is 0.0350. The molecule has 0 amide bonds. The number of aromatic nitrogens is 1. The van der Waals surface area contributed by atoms with Crippen molar-refractivity contribution >= 4 is 10.0 Å². The second-order valence-corrected chi connectivity index (χ2v) is 7.83. The van der Waals surface area contributed by atoms with E-state index in [0.717, 1.165) is 18.3 Å². The molecule has 1 fully saturated rings. The Labute approximate surface area is 154 Å². The molecule has 0 aliphatic carbocycles. The molecule has 1 aliphatic heterocycles. The van der Waals surface area contributed by atoms with Crippen LogP contribution in [-0.4, -0.2) is 44.0 Å². The van der Waals surface area contributed by atoms with Crippen LogP contribution < -0.4 is 9.47 Å². The standard InChI is InChI=1S/C17H17F3N2O4S/c1-25-14-4-2-3-5-15(14)27(23,24)22-9-7-13(11-22)26-16-10-12(6-8-21-16)17(18,19)20/h2-6,8,10,13H,7,9,11H2,1H3. The summed E-state index contributed by atoms with van der Waals surface area (Å²) in [5, 5.41) is 0. The third kappa shape index (κ3) is 4.16. The molecule has 1 aromatic carbocycles. The fourth-order valence-corrected chi connectivity index (χ4v) is 4.45. The first-order valence-electron chi connectivity index (χ1n) is 8.05. The number of pyridine rings is 1. The summed E-state index contributed by atoms with van der Waals surface area (Å²) in [7, 11) is -2.43. The quantitative estimate of drug-likeness (QED) is 0.769. The van der Waals surface area contributed by atoms with Crippen molar-refractivity contribution in [1.82, 2.24) is 9.29 Å². The third-order valence-electron chi connectivity index (χ3n) is 4.14. The van der Waals surface area contributed by atoms with Gasteiger partial charge in [0.1, 0.15) is 16.7 Å². The summed E-state index contributed by atoms with van der Waals surface area (Å²) in [5.41, 5.74) is -0.871. The van der Waals surface area contributed by atoms with Gasteiger partial charge in [-0.2, -0.15) is 17.5 Å². The molecule has 6 nitrogen and oxygen atoms in total. The normalized spacial score (nSPS) is 18.4. The molecule has 1 unspecified atom stereocenters. The third-order valence-corrected chi connectivity index (χ3v) is 6.05. The molecule has 1 saturated heterocycles. The van der Waals surface area contributed by atoms with Crippen molar-refractivity contribution < 1.29 is 31.1 Å². The molecule has 1 aromatic heterocycles. The Morgan fingerprint density at radius 1 is 1.22 bits per heavy atom. The number of alkyl halides is 3. The summed E-state index contributed by atoms with van der Waals surface area (Å²) in [6.07, 6.45) is -3.75. The highest BCUT2D eigenvalue weighted by atomic mass is 32.2. The summed E-state index contributed by atoms with van der Waals surface area (Å²) < 4.78 is 75.8. The van der Waals surface area contributed by atoms with Gasteiger partial charge in [0.05, 0.1) is 19.2 Å². The molecule has 27 heavy (non-hydrogen) atoms. The van der Waals surface area contributed by atoms with Crippen LogP contribution in [0.1, 0.15) is 12.0 Å². The van der Waals surface area contributed by atoms with E-state index in [0.29, 0.717) is 6.42 Å². The van der Waals surface area contributed by atoms with Gasteiger partial charge in [0.15, 0.2) is 0 Å². The molecular weight excluding hydrogens is 385 g/mol. The maximum atomic E-state index is 12.8. The van der Waals surface area contributed by atoms with Crippen molar-refractivity contribution in [2.45, 2.75) is 23.6 Å². The minimum Gasteiger partial charge on any atom is -0.495 e. The Morgan fingerprint density at radius 2 is 1.96 bits per heavy atom. The Hall–Kier alpha value is -2.33. The van der Waals surface area contributed by atoms with E-state index in [4.69, 9.17) is 9.47 Å². The van der Waals surface area contributed by atoms with Crippen molar-refractivity contribution in [2.24, 2.45) is 0 Å². The molecule has 0 radical (unpaired) electrons. The van der Waals surface area contributed by atoms with Gasteiger partial charge in [0, 0.05) is 18.8 Å². The highest BCUT2D eigenvalue weighted by molar-refractivity contribution is 7.89. The van der Waals surface area contributed by atoms with Crippen LogP contribution in [0.5, 0.6) is 11.6 Å². The average Bonchev–Trinajstić information content (AvgIpc) is 3.10. The molecule has 146 valence electrons. The first-order chi connectivity index (χ1) is 12.7. The minimum absolute atomic E-state index is 0.0122. The number of benzene rings is 1. The highest BCUT2D eigenvalue weighted by Crippen LogP contribution is 2.32. The molecule has 1 atom stereocenters. The lowest BCUT2D eigenvalue weighted by Crippen LogP contribution is -2.31. The van der Waals surface area contributed by atoms with Crippen molar-refractivity contribution in [3.8, 4) is 11.6 Å². The van der Waals surface area contributed by atoms with Gasteiger partial charge in [-0.15, -0.1) is 0 Å². The smallest absolute Gasteiger partial charge is 0.416 e. The average molecular weight is 402 g/mol. The number of halogens is 3. The van der Waals surface area contributed by atoms with Crippen molar-refractivity contribution in [3.05, 3.63) is 48.2 Å². The van der Waals surface area contributed by atoms with Crippen molar-refractivity contribution in [1.29, 1.82) is 0 Å². The Kier molecular flexibility index (Phi) is 5.29. The first kappa shape index (κ1) is 19.4. The molecule has 2 aromatic rings. The zero-order chi connectivity index (χ0) is 19.7. The van der Waals surface area contributed by atoms with Gasteiger partial charge in [-0.25, -0.2) is 13.4 Å². The van der Waals surface area contributed by atoms with E-state index >= 15 is 0 Å². The van der Waals surface area contributed by atoms with Gasteiger partial charge in [-0.3, -0.25) is 0 Å². The summed E-state index contributed by atoms with van der Waals surface area (Å²) in [4.78, 5) is 3.81. The number of methoxy groups -OCH3 is 1. The number of para-hydroxylation sites is 1. The lowest BCUT2D eigenvalue weighted by atomic mass is 10.2. The molecule has 0 N–H and O–H groups in total. The molecule has 0 spiro atoms. The molecular formula is C17H17F3N2O4S. The number of hydrogen-bond donors (Lipinski definition) is 0. The van der Waals surface area contributed by atoms with Crippen molar-refractivity contribution in [2.75, 3.05) is 20.2 Å². The Bertz CT molecular complexity index is 918. The minimum atomic E-state index is -4.50. The molecule has 10 heteroatoms. The number of ether oxygens (including phenoxy) is 2. The van der Waals surface area contributed by atoms with E-state index in [1.54, 1.807) is 18.2 Å². The monoisotopic (exact) mass is 402 g/mol. The van der Waals surface area contributed by atoms with Crippen LogP contribution in [-0.2, 0) is 16.2 Å². The van der Waals surface area contributed by atoms with Gasteiger partial charge in [-0.1, -0.05) is 12.1 Å². The zero-order valence-corrected chi connectivity index (χ0v) is 15.1. The molecule has 0 bridgehead atoms. The SMILES string of the molecule is COc1ccccc1S(=O)(=O)N1CCC(Oc2cc(C(F)(F)F)ccn2)C1. The maximum absolute atomic E-state index is 12.8. The summed E-state index contributed by atoms with van der Waals surface area (Å²) in [6, 6.07) is 7.89.